The number of hydrogen-bond acceptors (Lipinski definition) is 1. The van der Waals surface area contributed by atoms with Gasteiger partial charge in [-0.15, -0.1) is 0 Å². The molecule has 2 aromatic heterocycles. The Hall–Kier alpha value is -2.30. The van der Waals surface area contributed by atoms with Crippen molar-refractivity contribution in [2.45, 2.75) is 0 Å². The normalized spacial score (nSPS) is 11.7. The van der Waals surface area contributed by atoms with E-state index in [0.29, 0.717) is 11.3 Å². The Bertz CT molecular complexity index is 1160. The number of halogens is 10. The van der Waals surface area contributed by atoms with E-state index in [1.165, 1.54) is 0 Å². The standard InChI is InChI=1S/C18H2F10SSe/c19-9-7(10(20)14(24)17(27)13(9)23)4-2-5-3(29-4)1-6(30-5)8-11(21)15(25)18(28)16(26)12(8)22/h1-2H. The second-order valence-corrected chi connectivity index (χ2v) is 9.20. The van der Waals surface area contributed by atoms with Crippen LogP contribution in [0.4, 0.5) is 43.9 Å². The average molecular weight is 519 g/mol. The number of hydrogen-bond donors (Lipinski definition) is 0. The topological polar surface area (TPSA) is 0 Å². The predicted octanol–water partition coefficient (Wildman–Crippen LogP) is 6.68. The number of fused-ring (bicyclic) bond motifs is 1. The molecule has 0 fully saturated rings. The third-order valence-electron chi connectivity index (χ3n) is 4.12. The number of rotatable bonds is 2. The van der Waals surface area contributed by atoms with Gasteiger partial charge in [-0.05, 0) is 0 Å². The molecule has 4 rings (SSSR count). The molecule has 156 valence electrons. The molecule has 12 heteroatoms. The number of benzene rings is 2. The van der Waals surface area contributed by atoms with Crippen molar-refractivity contribution in [1.29, 1.82) is 0 Å². The van der Waals surface area contributed by atoms with Crippen molar-refractivity contribution in [1.82, 2.24) is 0 Å². The van der Waals surface area contributed by atoms with Crippen LogP contribution in [0.25, 0.3) is 29.4 Å². The van der Waals surface area contributed by atoms with Gasteiger partial charge in [0.1, 0.15) is 0 Å². The summed E-state index contributed by atoms with van der Waals surface area (Å²) in [4.78, 5) is -0.345. The van der Waals surface area contributed by atoms with Gasteiger partial charge >= 0.3 is 169 Å². The summed E-state index contributed by atoms with van der Waals surface area (Å²) in [7, 11) is 0. The maximum atomic E-state index is 14.0. The molecule has 0 aliphatic rings. The summed E-state index contributed by atoms with van der Waals surface area (Å²) in [5.74, 6) is -21.3. The molecule has 30 heavy (non-hydrogen) atoms. The summed E-state index contributed by atoms with van der Waals surface area (Å²) in [5, 5.41) is 0. The van der Waals surface area contributed by atoms with Crippen LogP contribution in [0.15, 0.2) is 12.1 Å². The Morgan fingerprint density at radius 3 is 1.33 bits per heavy atom. The van der Waals surface area contributed by atoms with Gasteiger partial charge in [-0.3, -0.25) is 0 Å². The summed E-state index contributed by atoms with van der Waals surface area (Å²) in [6, 6.07) is 2.10. The molecule has 0 aliphatic heterocycles. The van der Waals surface area contributed by atoms with E-state index >= 15 is 0 Å². The van der Waals surface area contributed by atoms with Crippen LogP contribution in [0.3, 0.4) is 0 Å². The van der Waals surface area contributed by atoms with Crippen molar-refractivity contribution in [2.75, 3.05) is 0 Å². The fourth-order valence-electron chi connectivity index (χ4n) is 2.72. The van der Waals surface area contributed by atoms with E-state index in [0.717, 1.165) is 12.1 Å². The molecule has 0 nitrogen and oxygen atoms in total. The summed E-state index contributed by atoms with van der Waals surface area (Å²) in [6.45, 7) is 0. The SMILES string of the molecule is Fc1c(F)c(F)c(-c2cc3[se]c(-c4c(F)c(F)c(F)c(F)c4F)cc3s2)c(F)c1F. The van der Waals surface area contributed by atoms with E-state index in [2.05, 4.69) is 0 Å². The molecule has 0 unspecified atom stereocenters. The Morgan fingerprint density at radius 1 is 0.500 bits per heavy atom. The van der Waals surface area contributed by atoms with Crippen LogP contribution in [0.5, 0.6) is 0 Å². The van der Waals surface area contributed by atoms with Crippen molar-refractivity contribution < 1.29 is 43.9 Å². The molecule has 0 atom stereocenters. The monoisotopic (exact) mass is 520 g/mol. The maximum absolute atomic E-state index is 14.0. The molecular weight excluding hydrogens is 517 g/mol. The average Bonchev–Trinajstić information content (AvgIpc) is 3.27. The van der Waals surface area contributed by atoms with Crippen molar-refractivity contribution in [3.63, 3.8) is 0 Å². The Morgan fingerprint density at radius 2 is 0.900 bits per heavy atom. The third-order valence-corrected chi connectivity index (χ3v) is 7.82. The van der Waals surface area contributed by atoms with Crippen LogP contribution in [0, 0.1) is 58.2 Å². The molecule has 0 saturated carbocycles. The van der Waals surface area contributed by atoms with E-state index in [-0.39, 0.29) is 18.3 Å². The molecule has 0 spiro atoms. The zero-order valence-electron chi connectivity index (χ0n) is 13.8. The van der Waals surface area contributed by atoms with Crippen molar-refractivity contribution >= 4 is 34.8 Å². The summed E-state index contributed by atoms with van der Waals surface area (Å²) < 4.78 is 136. The van der Waals surface area contributed by atoms with E-state index in [9.17, 15) is 43.9 Å². The fourth-order valence-corrected chi connectivity index (χ4v) is 6.74. The molecule has 0 amide bonds. The minimum atomic E-state index is -2.32. The summed E-state index contributed by atoms with van der Waals surface area (Å²) in [6.07, 6.45) is 0. The first-order valence-corrected chi connectivity index (χ1v) is 10.1. The van der Waals surface area contributed by atoms with Crippen LogP contribution < -0.4 is 0 Å². The third kappa shape index (κ3) is 2.89. The van der Waals surface area contributed by atoms with Gasteiger partial charge in [-0.25, -0.2) is 0 Å². The zero-order valence-corrected chi connectivity index (χ0v) is 16.3. The van der Waals surface area contributed by atoms with Gasteiger partial charge in [-0.1, -0.05) is 0 Å². The van der Waals surface area contributed by atoms with Crippen molar-refractivity contribution in [3.05, 3.63) is 70.3 Å². The Labute approximate surface area is 169 Å². The van der Waals surface area contributed by atoms with Gasteiger partial charge < -0.3 is 0 Å². The van der Waals surface area contributed by atoms with Crippen LogP contribution in [-0.2, 0) is 0 Å². The van der Waals surface area contributed by atoms with Crippen LogP contribution >= 0.6 is 11.3 Å². The van der Waals surface area contributed by atoms with Crippen molar-refractivity contribution in [2.24, 2.45) is 0 Å². The molecule has 0 saturated heterocycles. The van der Waals surface area contributed by atoms with Gasteiger partial charge in [-0.2, -0.15) is 0 Å². The van der Waals surface area contributed by atoms with Crippen LogP contribution in [-0.4, -0.2) is 14.5 Å². The van der Waals surface area contributed by atoms with E-state index in [1.54, 1.807) is 0 Å². The Kier molecular flexibility index (Phi) is 4.99. The van der Waals surface area contributed by atoms with Crippen LogP contribution in [0.1, 0.15) is 0 Å². The zero-order chi connectivity index (χ0) is 22.1. The summed E-state index contributed by atoms with van der Waals surface area (Å²) >= 11 is -0.518. The molecule has 0 radical (unpaired) electrons. The predicted molar refractivity (Wildman–Crippen MR) is 89.2 cm³/mol. The van der Waals surface area contributed by atoms with Gasteiger partial charge in [0.15, 0.2) is 0 Å². The molecule has 2 heterocycles. The molecule has 0 N–H and O–H groups in total. The second-order valence-electron chi connectivity index (χ2n) is 5.84. The van der Waals surface area contributed by atoms with Gasteiger partial charge in [0.25, 0.3) is 0 Å². The molecule has 4 aromatic rings. The number of thiophene rings is 1. The van der Waals surface area contributed by atoms with Gasteiger partial charge in [0.05, 0.1) is 0 Å². The molecule has 2 aromatic carbocycles. The van der Waals surface area contributed by atoms with Gasteiger partial charge in [0, 0.05) is 0 Å². The van der Waals surface area contributed by atoms with Gasteiger partial charge in [0.2, 0.25) is 0 Å². The van der Waals surface area contributed by atoms with Crippen molar-refractivity contribution in [3.8, 4) is 20.4 Å². The molecule has 0 bridgehead atoms. The second kappa shape index (κ2) is 7.14. The van der Waals surface area contributed by atoms with Crippen LogP contribution in [0.2, 0.25) is 0 Å². The Balaban J connectivity index is 1.89. The first-order valence-electron chi connectivity index (χ1n) is 7.61. The quantitative estimate of drug-likeness (QED) is 0.120. The van der Waals surface area contributed by atoms with E-state index in [4.69, 9.17) is 0 Å². The van der Waals surface area contributed by atoms with E-state index < -0.39 is 83.8 Å². The first-order chi connectivity index (χ1) is 14.0. The molecule has 0 aliphatic carbocycles. The minimum absolute atomic E-state index is 0.132. The van der Waals surface area contributed by atoms with E-state index in [1.807, 2.05) is 0 Å². The summed E-state index contributed by atoms with van der Waals surface area (Å²) in [5.41, 5.74) is -2.31. The molecular formula is C18H2F10SSe. The fraction of sp³-hybridized carbons (Fsp3) is 0. The first kappa shape index (κ1) is 21.0.